The molecule has 1 saturated heterocycles. The molecule has 1 aliphatic rings. The third-order valence-electron chi connectivity index (χ3n) is 4.89. The number of rotatable bonds is 4. The fourth-order valence-electron chi connectivity index (χ4n) is 3.47. The van der Waals surface area contributed by atoms with Crippen LogP contribution in [0.15, 0.2) is 33.9 Å². The van der Waals surface area contributed by atoms with E-state index in [0.29, 0.717) is 11.3 Å². The van der Waals surface area contributed by atoms with Gasteiger partial charge in [-0.25, -0.2) is 4.98 Å². The van der Waals surface area contributed by atoms with Crippen LogP contribution in [-0.4, -0.2) is 66.9 Å². The minimum absolute atomic E-state index is 0.0907. The summed E-state index contributed by atoms with van der Waals surface area (Å²) < 4.78 is 12.0. The molecule has 4 atom stereocenters. The maximum atomic E-state index is 12.8. The number of imidazole rings is 1. The molecule has 1 aliphatic heterocycles. The van der Waals surface area contributed by atoms with E-state index in [1.807, 2.05) is 0 Å². The van der Waals surface area contributed by atoms with E-state index in [-0.39, 0.29) is 16.9 Å². The minimum atomic E-state index is -1.52. The van der Waals surface area contributed by atoms with Crippen LogP contribution in [0.2, 0.25) is 0 Å². The van der Waals surface area contributed by atoms with Gasteiger partial charge < -0.3 is 30.5 Å². The summed E-state index contributed by atoms with van der Waals surface area (Å²) in [6, 6.07) is 6.63. The first-order valence-corrected chi connectivity index (χ1v) is 8.94. The summed E-state index contributed by atoms with van der Waals surface area (Å²) in [4.78, 5) is 35.4. The molecule has 0 bridgehead atoms. The zero-order chi connectivity index (χ0) is 21.6. The Morgan fingerprint density at radius 2 is 2.03 bits per heavy atom. The molecule has 158 valence electrons. The molecule has 0 unspecified atom stereocenters. The molecule has 0 radical (unpaired) electrons. The third kappa shape index (κ3) is 3.11. The summed E-state index contributed by atoms with van der Waals surface area (Å²) >= 11 is 0. The second kappa shape index (κ2) is 7.50. The second-order valence-corrected chi connectivity index (χ2v) is 6.72. The van der Waals surface area contributed by atoms with E-state index in [2.05, 4.69) is 15.0 Å². The molecule has 3 heterocycles. The van der Waals surface area contributed by atoms with Crippen LogP contribution in [0.1, 0.15) is 6.23 Å². The van der Waals surface area contributed by atoms with Crippen molar-refractivity contribution in [2.45, 2.75) is 24.5 Å². The Morgan fingerprint density at radius 3 is 2.70 bits per heavy atom. The molecule has 6 N–H and O–H groups in total. The molecule has 12 heteroatoms. The van der Waals surface area contributed by atoms with E-state index in [0.717, 1.165) is 0 Å². The van der Waals surface area contributed by atoms with Crippen molar-refractivity contribution in [1.29, 1.82) is 0 Å². The Hall–Kier alpha value is -3.32. The van der Waals surface area contributed by atoms with Gasteiger partial charge in [0.2, 0.25) is 5.95 Å². The Bertz CT molecular complexity index is 1220. The van der Waals surface area contributed by atoms with E-state index in [1.165, 1.54) is 11.7 Å². The Labute approximate surface area is 168 Å². The van der Waals surface area contributed by atoms with Crippen molar-refractivity contribution in [3.8, 4) is 17.1 Å². The van der Waals surface area contributed by atoms with Gasteiger partial charge in [-0.05, 0) is 12.1 Å². The number of aliphatic hydroxyl groups is 3. The lowest BCUT2D eigenvalue weighted by Crippen LogP contribution is -2.33. The molecule has 2 aromatic heterocycles. The van der Waals surface area contributed by atoms with E-state index in [1.54, 1.807) is 24.3 Å². The van der Waals surface area contributed by atoms with Crippen LogP contribution >= 0.6 is 0 Å². The number of H-pyrrole nitrogens is 1. The zero-order valence-electron chi connectivity index (χ0n) is 15.7. The molecule has 4 rings (SSSR count). The normalized spacial score (nSPS) is 23.7. The molecule has 1 fully saturated rings. The van der Waals surface area contributed by atoms with Crippen molar-refractivity contribution < 1.29 is 24.8 Å². The highest BCUT2D eigenvalue weighted by molar-refractivity contribution is 5.79. The topological polar surface area (TPSA) is 186 Å². The summed E-state index contributed by atoms with van der Waals surface area (Å²) in [5, 5.41) is 30.2. The summed E-state index contributed by atoms with van der Waals surface area (Å²) in [5.41, 5.74) is 3.75. The fourth-order valence-corrected chi connectivity index (χ4v) is 3.47. The van der Waals surface area contributed by atoms with Crippen molar-refractivity contribution in [1.82, 2.24) is 19.5 Å². The minimum Gasteiger partial charge on any atom is -0.497 e. The van der Waals surface area contributed by atoms with Crippen LogP contribution in [0.25, 0.3) is 22.4 Å². The SMILES string of the molecule is COc1cccc(-c2nc3c(=O)nc(N)[nH]c(=O)c3n2[C@@H]2O[C@H](CO)[C@@H](O)[C@H]2O)c1. The number of aliphatic hydroxyl groups excluding tert-OH is 3. The summed E-state index contributed by atoms with van der Waals surface area (Å²) in [7, 11) is 1.47. The smallest absolute Gasteiger partial charge is 0.301 e. The van der Waals surface area contributed by atoms with Crippen molar-refractivity contribution >= 4 is 17.0 Å². The van der Waals surface area contributed by atoms with Gasteiger partial charge in [-0.2, -0.15) is 4.98 Å². The number of nitrogens with one attached hydrogen (secondary N) is 1. The highest BCUT2D eigenvalue weighted by Gasteiger charge is 2.45. The Balaban J connectivity index is 2.08. The quantitative estimate of drug-likeness (QED) is 0.329. The van der Waals surface area contributed by atoms with E-state index < -0.39 is 48.2 Å². The lowest BCUT2D eigenvalue weighted by atomic mass is 10.1. The zero-order valence-corrected chi connectivity index (χ0v) is 15.7. The van der Waals surface area contributed by atoms with Gasteiger partial charge in [-0.15, -0.1) is 0 Å². The number of nitrogens with zero attached hydrogens (tertiary/aromatic N) is 3. The number of aromatic amines is 1. The number of benzene rings is 1. The van der Waals surface area contributed by atoms with Crippen LogP contribution in [0.4, 0.5) is 5.95 Å². The molecule has 0 spiro atoms. The number of anilines is 1. The molecule has 0 aliphatic carbocycles. The van der Waals surface area contributed by atoms with Crippen molar-refractivity contribution in [2.75, 3.05) is 19.5 Å². The first kappa shape index (κ1) is 20.0. The van der Waals surface area contributed by atoms with Crippen LogP contribution < -0.4 is 21.6 Å². The monoisotopic (exact) mass is 417 g/mol. The molecule has 3 aromatic rings. The number of hydrogen-bond donors (Lipinski definition) is 5. The van der Waals surface area contributed by atoms with E-state index >= 15 is 0 Å². The first-order valence-electron chi connectivity index (χ1n) is 8.94. The number of fused-ring (bicyclic) bond motifs is 1. The highest BCUT2D eigenvalue weighted by atomic mass is 16.6. The number of ether oxygens (including phenoxy) is 2. The summed E-state index contributed by atoms with van der Waals surface area (Å²) in [5.74, 6) is 0.169. The molecular weight excluding hydrogens is 398 g/mol. The van der Waals surface area contributed by atoms with E-state index in [9.17, 15) is 24.9 Å². The molecule has 0 amide bonds. The number of nitrogens with two attached hydrogens (primary N) is 1. The highest BCUT2D eigenvalue weighted by Crippen LogP contribution is 2.35. The maximum Gasteiger partial charge on any atom is 0.301 e. The lowest BCUT2D eigenvalue weighted by molar-refractivity contribution is -0.0501. The van der Waals surface area contributed by atoms with Gasteiger partial charge in [0.25, 0.3) is 5.56 Å². The third-order valence-corrected chi connectivity index (χ3v) is 4.89. The molecule has 0 saturated carbocycles. The lowest BCUT2D eigenvalue weighted by Gasteiger charge is -2.19. The molecular formula is C18H19N5O7. The standard InChI is InChI=1S/C18H19N5O7/c1-29-8-4-2-3-7(5-8)14-20-10-11(16(28)22-18(19)21-15(10)27)23(14)17-13(26)12(25)9(6-24)30-17/h2-5,9,12-13,17,24-26H,6H2,1H3,(H3,19,21,22,27,28)/t9-,12-,13-,17-/m1/s1. The molecule has 30 heavy (non-hydrogen) atoms. The summed E-state index contributed by atoms with van der Waals surface area (Å²) in [6.45, 7) is -0.568. The number of aromatic nitrogens is 4. The largest absolute Gasteiger partial charge is 0.497 e. The van der Waals surface area contributed by atoms with Gasteiger partial charge in [-0.1, -0.05) is 12.1 Å². The predicted molar refractivity (Wildman–Crippen MR) is 104 cm³/mol. The van der Waals surface area contributed by atoms with Gasteiger partial charge in [0.05, 0.1) is 13.7 Å². The summed E-state index contributed by atoms with van der Waals surface area (Å²) in [6.07, 6.45) is -5.38. The average Bonchev–Trinajstić information content (AvgIpc) is 3.23. The van der Waals surface area contributed by atoms with Gasteiger partial charge in [0, 0.05) is 5.56 Å². The van der Waals surface area contributed by atoms with E-state index in [4.69, 9.17) is 15.2 Å². The molecule has 1 aromatic carbocycles. The second-order valence-electron chi connectivity index (χ2n) is 6.72. The van der Waals surface area contributed by atoms with Crippen molar-refractivity contribution in [3.63, 3.8) is 0 Å². The number of hydrogen-bond acceptors (Lipinski definition) is 10. The molecule has 12 nitrogen and oxygen atoms in total. The van der Waals surface area contributed by atoms with Crippen LogP contribution in [0.3, 0.4) is 0 Å². The predicted octanol–water partition coefficient (Wildman–Crippen LogP) is -1.65. The van der Waals surface area contributed by atoms with Gasteiger partial charge >= 0.3 is 5.56 Å². The average molecular weight is 417 g/mol. The van der Waals surface area contributed by atoms with Gasteiger partial charge in [0.15, 0.2) is 11.7 Å². The number of methoxy groups -OCH3 is 1. The van der Waals surface area contributed by atoms with Crippen LogP contribution in [0, 0.1) is 0 Å². The Kier molecular flexibility index (Phi) is 4.99. The Morgan fingerprint density at radius 1 is 1.27 bits per heavy atom. The van der Waals surface area contributed by atoms with Crippen molar-refractivity contribution in [3.05, 3.63) is 45.0 Å². The van der Waals surface area contributed by atoms with Crippen molar-refractivity contribution in [2.24, 2.45) is 0 Å². The fraction of sp³-hybridized carbons (Fsp3) is 0.333. The number of nitrogen functional groups attached to an aromatic ring is 1. The van der Waals surface area contributed by atoms with Gasteiger partial charge in [-0.3, -0.25) is 19.1 Å². The van der Waals surface area contributed by atoms with Gasteiger partial charge in [0.1, 0.15) is 35.4 Å². The van der Waals surface area contributed by atoms with Crippen LogP contribution in [-0.2, 0) is 4.74 Å². The van der Waals surface area contributed by atoms with Crippen LogP contribution in [0.5, 0.6) is 5.75 Å². The maximum absolute atomic E-state index is 12.8. The first-order chi connectivity index (χ1) is 14.3.